The zero-order valence-corrected chi connectivity index (χ0v) is 14.3. The van der Waals surface area contributed by atoms with Crippen molar-refractivity contribution < 1.29 is 4.39 Å². The molecule has 3 rings (SSSR count). The van der Waals surface area contributed by atoms with E-state index in [9.17, 15) is 4.39 Å². The minimum Gasteiger partial charge on any atom is -0.380 e. The topological polar surface area (TPSA) is 55.2 Å². The number of pyridine rings is 1. The molecule has 0 saturated carbocycles. The Labute approximate surface area is 147 Å². The van der Waals surface area contributed by atoms with Crippen LogP contribution in [0.15, 0.2) is 42.6 Å². The van der Waals surface area contributed by atoms with Gasteiger partial charge in [0.2, 0.25) is 0 Å². The van der Waals surface area contributed by atoms with Crippen molar-refractivity contribution in [2.75, 3.05) is 42.9 Å². The Kier molecular flexibility index (Phi) is 5.46. The fourth-order valence-corrected chi connectivity index (χ4v) is 3.16. The lowest BCUT2D eigenvalue weighted by Crippen LogP contribution is -2.49. The number of rotatable bonds is 5. The van der Waals surface area contributed by atoms with E-state index in [2.05, 4.69) is 27.0 Å². The van der Waals surface area contributed by atoms with Crippen molar-refractivity contribution in [2.24, 2.45) is 0 Å². The fraction of sp³-hybridized carbons (Fsp3) is 0.368. The van der Waals surface area contributed by atoms with Gasteiger partial charge in [-0.05, 0) is 31.2 Å². The third kappa shape index (κ3) is 4.25. The predicted octanol–water partition coefficient (Wildman–Crippen LogP) is 2.71. The predicted molar refractivity (Wildman–Crippen MR) is 97.1 cm³/mol. The molecule has 0 amide bonds. The van der Waals surface area contributed by atoms with Crippen LogP contribution in [0.1, 0.15) is 12.5 Å². The van der Waals surface area contributed by atoms with Crippen LogP contribution >= 0.6 is 0 Å². The van der Waals surface area contributed by atoms with E-state index in [1.165, 1.54) is 6.07 Å². The first-order valence-electron chi connectivity index (χ1n) is 8.51. The second-order valence-corrected chi connectivity index (χ2v) is 6.30. The van der Waals surface area contributed by atoms with Crippen LogP contribution in [0.3, 0.4) is 0 Å². The highest BCUT2D eigenvalue weighted by Gasteiger charge is 2.20. The van der Waals surface area contributed by atoms with Gasteiger partial charge in [0.05, 0.1) is 5.69 Å². The number of aromatic nitrogens is 1. The minimum absolute atomic E-state index is 0.0781. The van der Waals surface area contributed by atoms with Crippen molar-refractivity contribution in [3.63, 3.8) is 0 Å². The SMILES string of the molecule is CC(CN1CCN(c2ccccn2)CC1)Nc1cccc(F)c1C#N. The summed E-state index contributed by atoms with van der Waals surface area (Å²) in [6.45, 7) is 6.68. The Morgan fingerprint density at radius 2 is 2.00 bits per heavy atom. The summed E-state index contributed by atoms with van der Waals surface area (Å²) in [7, 11) is 0. The van der Waals surface area contributed by atoms with Crippen molar-refractivity contribution in [1.29, 1.82) is 5.26 Å². The van der Waals surface area contributed by atoms with Crippen LogP contribution in [0, 0.1) is 17.1 Å². The molecule has 1 fully saturated rings. The lowest BCUT2D eigenvalue weighted by Gasteiger charge is -2.36. The summed E-state index contributed by atoms with van der Waals surface area (Å²) < 4.78 is 13.7. The van der Waals surface area contributed by atoms with Crippen LogP contribution < -0.4 is 10.2 Å². The zero-order chi connectivity index (χ0) is 17.6. The number of hydrogen-bond acceptors (Lipinski definition) is 5. The monoisotopic (exact) mass is 339 g/mol. The average Bonchev–Trinajstić information content (AvgIpc) is 2.63. The van der Waals surface area contributed by atoms with Gasteiger partial charge in [0.25, 0.3) is 0 Å². The number of anilines is 2. The van der Waals surface area contributed by atoms with Crippen LogP contribution in [-0.4, -0.2) is 48.6 Å². The Morgan fingerprint density at radius 1 is 1.20 bits per heavy atom. The molecule has 5 nitrogen and oxygen atoms in total. The Bertz CT molecular complexity index is 735. The molecule has 1 aromatic carbocycles. The molecule has 1 aromatic heterocycles. The van der Waals surface area contributed by atoms with E-state index in [1.54, 1.807) is 12.1 Å². The van der Waals surface area contributed by atoms with Crippen molar-refractivity contribution in [2.45, 2.75) is 13.0 Å². The lowest BCUT2D eigenvalue weighted by molar-refractivity contribution is 0.250. The highest BCUT2D eigenvalue weighted by atomic mass is 19.1. The summed E-state index contributed by atoms with van der Waals surface area (Å²) in [5.41, 5.74) is 0.636. The lowest BCUT2D eigenvalue weighted by atomic mass is 10.1. The van der Waals surface area contributed by atoms with E-state index in [0.29, 0.717) is 5.69 Å². The molecule has 0 aliphatic carbocycles. The first-order chi connectivity index (χ1) is 12.2. The van der Waals surface area contributed by atoms with E-state index in [4.69, 9.17) is 5.26 Å². The largest absolute Gasteiger partial charge is 0.380 e. The molecular weight excluding hydrogens is 317 g/mol. The number of benzene rings is 1. The first-order valence-corrected chi connectivity index (χ1v) is 8.51. The molecule has 2 aromatic rings. The molecular formula is C19H22FN5. The van der Waals surface area contributed by atoms with Crippen LogP contribution in [-0.2, 0) is 0 Å². The molecule has 1 atom stereocenters. The number of piperazine rings is 1. The van der Waals surface area contributed by atoms with Gasteiger partial charge in [-0.3, -0.25) is 4.90 Å². The van der Waals surface area contributed by atoms with E-state index < -0.39 is 5.82 Å². The van der Waals surface area contributed by atoms with Gasteiger partial charge in [0.15, 0.2) is 0 Å². The second kappa shape index (κ2) is 7.95. The van der Waals surface area contributed by atoms with Crippen LogP contribution in [0.2, 0.25) is 0 Å². The smallest absolute Gasteiger partial charge is 0.143 e. The van der Waals surface area contributed by atoms with Gasteiger partial charge >= 0.3 is 0 Å². The fourth-order valence-electron chi connectivity index (χ4n) is 3.16. The summed E-state index contributed by atoms with van der Waals surface area (Å²) in [4.78, 5) is 9.06. The molecule has 1 aliphatic rings. The number of nitriles is 1. The van der Waals surface area contributed by atoms with Crippen LogP contribution in [0.4, 0.5) is 15.9 Å². The van der Waals surface area contributed by atoms with Crippen molar-refractivity contribution in [3.8, 4) is 6.07 Å². The minimum atomic E-state index is -0.483. The highest BCUT2D eigenvalue weighted by Crippen LogP contribution is 2.19. The summed E-state index contributed by atoms with van der Waals surface area (Å²) in [5, 5.41) is 12.4. The molecule has 2 heterocycles. The molecule has 1 saturated heterocycles. The third-order valence-electron chi connectivity index (χ3n) is 4.40. The quantitative estimate of drug-likeness (QED) is 0.908. The Balaban J connectivity index is 1.52. The van der Waals surface area contributed by atoms with E-state index in [0.717, 1.165) is 38.5 Å². The first kappa shape index (κ1) is 17.2. The highest BCUT2D eigenvalue weighted by molar-refractivity contribution is 5.58. The molecule has 1 aliphatic heterocycles. The Hall–Kier alpha value is -2.65. The zero-order valence-electron chi connectivity index (χ0n) is 14.3. The molecule has 0 radical (unpaired) electrons. The van der Waals surface area contributed by atoms with Gasteiger partial charge in [-0.1, -0.05) is 12.1 Å². The number of nitrogens with one attached hydrogen (secondary N) is 1. The van der Waals surface area contributed by atoms with Crippen molar-refractivity contribution in [1.82, 2.24) is 9.88 Å². The third-order valence-corrected chi connectivity index (χ3v) is 4.40. The molecule has 25 heavy (non-hydrogen) atoms. The summed E-state index contributed by atoms with van der Waals surface area (Å²) in [6.07, 6.45) is 1.82. The van der Waals surface area contributed by atoms with Gasteiger partial charge in [0, 0.05) is 45.0 Å². The van der Waals surface area contributed by atoms with Crippen LogP contribution in [0.25, 0.3) is 0 Å². The summed E-state index contributed by atoms with van der Waals surface area (Å²) >= 11 is 0. The van der Waals surface area contributed by atoms with Crippen molar-refractivity contribution in [3.05, 3.63) is 54.0 Å². The molecule has 1 N–H and O–H groups in total. The van der Waals surface area contributed by atoms with E-state index >= 15 is 0 Å². The standard InChI is InChI=1S/C19H22FN5/c1-15(23-18-6-4-5-17(20)16(18)13-21)14-24-9-11-25(12-10-24)19-7-2-3-8-22-19/h2-8,15,23H,9-12,14H2,1H3. The normalized spacial score (nSPS) is 16.3. The molecule has 0 spiro atoms. The number of hydrogen-bond donors (Lipinski definition) is 1. The van der Waals surface area contributed by atoms with Gasteiger partial charge in [-0.2, -0.15) is 5.26 Å². The average molecular weight is 339 g/mol. The van der Waals surface area contributed by atoms with Gasteiger partial charge < -0.3 is 10.2 Å². The van der Waals surface area contributed by atoms with E-state index in [-0.39, 0.29) is 11.6 Å². The van der Waals surface area contributed by atoms with Crippen molar-refractivity contribution >= 4 is 11.5 Å². The van der Waals surface area contributed by atoms with Crippen LogP contribution in [0.5, 0.6) is 0 Å². The summed E-state index contributed by atoms with van der Waals surface area (Å²) in [5.74, 6) is 0.537. The molecule has 1 unspecified atom stereocenters. The number of halogens is 1. The van der Waals surface area contributed by atoms with Gasteiger partial charge in [-0.25, -0.2) is 9.37 Å². The maximum Gasteiger partial charge on any atom is 0.143 e. The second-order valence-electron chi connectivity index (χ2n) is 6.30. The molecule has 130 valence electrons. The number of nitrogens with zero attached hydrogens (tertiary/aromatic N) is 4. The van der Waals surface area contributed by atoms with Gasteiger partial charge in [-0.15, -0.1) is 0 Å². The van der Waals surface area contributed by atoms with Gasteiger partial charge in [0.1, 0.15) is 23.3 Å². The molecule has 0 bridgehead atoms. The maximum atomic E-state index is 13.7. The van der Waals surface area contributed by atoms with E-state index in [1.807, 2.05) is 30.5 Å². The summed E-state index contributed by atoms with van der Waals surface area (Å²) in [6, 6.07) is 12.7. The molecule has 6 heteroatoms. The maximum absolute atomic E-state index is 13.7. The Morgan fingerprint density at radius 3 is 2.68 bits per heavy atom.